The SMILES string of the molecule is O=S(=O)(O)OCCS(=O)(=O)c1ccc(Nc2nc(Nc3ccc(Nc4nc(Nc5cccc(S(=O)(=O)CCOS(=O)(=O)O)c5)nc(Nc5cc(S(=O)(=O)O)cc6cc(S(=O)(=O)O)c(N=Nc7ccccc7S(=O)(=O)O)c(O)c56)n4)cc3)nc(Nc3cc(S(=O)(=O)O)cc4cc(S(=O)(=O)O)c(N=Nc5ccccc5S(=O)(=O)O)c(O)c34)n2)cc1. The number of sulfone groups is 2. The molecule has 0 bridgehead atoms. The van der Waals surface area contributed by atoms with Crippen LogP contribution in [-0.4, -0.2) is 185 Å². The number of anilines is 12. The summed E-state index contributed by atoms with van der Waals surface area (Å²) in [6.07, 6.45) is 0. The average molecular weight is 1830 g/mol. The number of phenols is 2. The number of hydrogen-bond donors (Lipinski definition) is 16. The average Bonchev–Trinajstić information content (AvgIpc) is 0.748. The molecule has 0 amide bonds. The first kappa shape index (κ1) is 87.1. The minimum absolute atomic E-state index is 0.0190. The number of fused-ring (bicyclic) bond motifs is 2. The van der Waals surface area contributed by atoms with E-state index in [2.05, 4.69) is 90.6 Å². The van der Waals surface area contributed by atoms with Crippen LogP contribution in [0.25, 0.3) is 21.5 Å². The molecule has 16 N–H and O–H groups in total. The van der Waals surface area contributed by atoms with Crippen LogP contribution in [0.4, 0.5) is 92.6 Å². The molecule has 0 saturated heterocycles. The number of hydrogen-bond acceptors (Lipinski definition) is 40. The van der Waals surface area contributed by atoms with Gasteiger partial charge in [0.2, 0.25) is 35.7 Å². The summed E-state index contributed by atoms with van der Waals surface area (Å²) >= 11 is 0. The largest absolute Gasteiger partial charge is 0.505 e. The molecule has 2 aromatic heterocycles. The van der Waals surface area contributed by atoms with Crippen molar-refractivity contribution in [2.75, 3.05) is 56.6 Å². The molecule has 0 aliphatic heterocycles. The Balaban J connectivity index is 1.00. The fourth-order valence-corrected chi connectivity index (χ4v) is 17.1. The number of phenolic OH excluding ortho intramolecular Hbond substituents is 2. The molecule has 0 spiro atoms. The number of aromatic nitrogens is 6. The minimum atomic E-state index is -5.55. The van der Waals surface area contributed by atoms with Crippen LogP contribution < -0.4 is 31.9 Å². The van der Waals surface area contributed by atoms with Gasteiger partial charge in [0, 0.05) is 33.5 Å². The first-order chi connectivity index (χ1) is 54.7. The van der Waals surface area contributed by atoms with E-state index in [0.717, 1.165) is 72.8 Å². The molecule has 0 atom stereocenters. The van der Waals surface area contributed by atoms with Crippen molar-refractivity contribution in [2.45, 2.75) is 39.2 Å². The van der Waals surface area contributed by atoms with Crippen LogP contribution in [-0.2, 0) is 110 Å². The molecular formula is C60H50N16O32S10. The van der Waals surface area contributed by atoms with Crippen LogP contribution in [0, 0.1) is 0 Å². The summed E-state index contributed by atoms with van der Waals surface area (Å²) in [5.74, 6) is -7.91. The second-order valence-corrected chi connectivity index (χ2v) is 38.4. The topological polar surface area (TPSA) is 761 Å². The second-order valence-electron chi connectivity index (χ2n) is 23.6. The van der Waals surface area contributed by atoms with Gasteiger partial charge in [0.1, 0.15) is 42.3 Å². The van der Waals surface area contributed by atoms with E-state index in [-0.39, 0.29) is 22.7 Å². The van der Waals surface area contributed by atoms with Crippen LogP contribution >= 0.6 is 0 Å². The molecule has 9 aromatic carbocycles. The maximum atomic E-state index is 13.4. The van der Waals surface area contributed by atoms with Crippen molar-refractivity contribution in [3.63, 3.8) is 0 Å². The Morgan fingerprint density at radius 1 is 0.297 bits per heavy atom. The van der Waals surface area contributed by atoms with E-state index in [1.54, 1.807) is 0 Å². The summed E-state index contributed by atoms with van der Waals surface area (Å²) in [7, 11) is -50.8. The molecule has 0 aliphatic rings. The Labute approximate surface area is 665 Å². The molecule has 0 radical (unpaired) electrons. The molecule has 2 heterocycles. The number of rotatable bonds is 32. The number of benzene rings is 9. The van der Waals surface area contributed by atoms with Gasteiger partial charge >= 0.3 is 20.8 Å². The lowest BCUT2D eigenvalue weighted by Crippen LogP contribution is -2.15. The van der Waals surface area contributed by atoms with E-state index in [1.807, 2.05) is 0 Å². The third-order valence-electron chi connectivity index (χ3n) is 15.4. The lowest BCUT2D eigenvalue weighted by molar-refractivity contribution is 0.282. The lowest BCUT2D eigenvalue weighted by atomic mass is 10.1. The summed E-state index contributed by atoms with van der Waals surface area (Å²) in [5.41, 5.74) is -5.01. The highest BCUT2D eigenvalue weighted by atomic mass is 32.3. The molecule has 622 valence electrons. The van der Waals surface area contributed by atoms with E-state index in [0.29, 0.717) is 36.4 Å². The van der Waals surface area contributed by atoms with Crippen molar-refractivity contribution < 1.29 is 139 Å². The van der Waals surface area contributed by atoms with Gasteiger partial charge in [0.15, 0.2) is 31.2 Å². The third-order valence-corrected chi connectivity index (χ3v) is 24.9. The molecule has 0 aliphatic carbocycles. The fraction of sp³-hybridized carbons (Fsp3) is 0.0667. The van der Waals surface area contributed by atoms with Crippen LogP contribution in [0.3, 0.4) is 0 Å². The van der Waals surface area contributed by atoms with Gasteiger partial charge in [-0.3, -0.25) is 36.4 Å². The Morgan fingerprint density at radius 2 is 0.619 bits per heavy atom. The Morgan fingerprint density at radius 3 is 0.958 bits per heavy atom. The summed E-state index contributed by atoms with van der Waals surface area (Å²) in [6.45, 7) is -2.04. The maximum Gasteiger partial charge on any atom is 0.397 e. The van der Waals surface area contributed by atoms with E-state index in [4.69, 9.17) is 9.11 Å². The molecular weight excluding hydrogens is 1780 g/mol. The normalized spacial score (nSPS) is 12.9. The van der Waals surface area contributed by atoms with Gasteiger partial charge in [-0.15, -0.1) is 20.5 Å². The Hall–Kier alpha value is -11.8. The molecule has 0 unspecified atom stereocenters. The summed E-state index contributed by atoms with van der Waals surface area (Å²) in [6, 6.07) is 26.3. The van der Waals surface area contributed by atoms with Crippen LogP contribution in [0.15, 0.2) is 217 Å². The number of nitrogens with zero attached hydrogens (tertiary/aromatic N) is 10. The monoisotopic (exact) mass is 1830 g/mol. The Kier molecular flexibility index (Phi) is 24.3. The molecule has 48 nitrogen and oxygen atoms in total. The van der Waals surface area contributed by atoms with Crippen molar-refractivity contribution in [3.05, 3.63) is 158 Å². The molecule has 11 aromatic rings. The first-order valence-corrected chi connectivity index (χ1v) is 46.1. The predicted octanol–water partition coefficient (Wildman–Crippen LogP) is 7.73. The first-order valence-electron chi connectivity index (χ1n) is 31.4. The zero-order valence-electron chi connectivity index (χ0n) is 57.8. The predicted molar refractivity (Wildman–Crippen MR) is 409 cm³/mol. The molecule has 0 saturated carbocycles. The fourth-order valence-electron chi connectivity index (χ4n) is 10.5. The number of azo groups is 2. The summed E-state index contributed by atoms with van der Waals surface area (Å²) in [4.78, 5) is 18.6. The highest BCUT2D eigenvalue weighted by Gasteiger charge is 2.31. The van der Waals surface area contributed by atoms with Gasteiger partial charge in [0.25, 0.3) is 60.7 Å². The van der Waals surface area contributed by atoms with Gasteiger partial charge in [-0.1, -0.05) is 30.3 Å². The zero-order valence-corrected chi connectivity index (χ0v) is 66.0. The van der Waals surface area contributed by atoms with Crippen molar-refractivity contribution in [2.24, 2.45) is 20.5 Å². The lowest BCUT2D eigenvalue weighted by Gasteiger charge is -2.16. The van der Waals surface area contributed by atoms with Crippen molar-refractivity contribution >= 4 is 215 Å². The third kappa shape index (κ3) is 21.7. The molecule has 118 heavy (non-hydrogen) atoms. The summed E-state index contributed by atoms with van der Waals surface area (Å²) in [5, 5.41) is 52.5. The van der Waals surface area contributed by atoms with Crippen LogP contribution in [0.5, 0.6) is 11.5 Å². The van der Waals surface area contributed by atoms with Gasteiger partial charge in [0.05, 0.1) is 55.7 Å². The van der Waals surface area contributed by atoms with Gasteiger partial charge < -0.3 is 42.1 Å². The van der Waals surface area contributed by atoms with Crippen molar-refractivity contribution in [1.82, 2.24) is 29.9 Å². The number of nitrogens with one attached hydrogen (secondary N) is 6. The van der Waals surface area contributed by atoms with Gasteiger partial charge in [-0.05, 0) is 138 Å². The molecule has 58 heteroatoms. The van der Waals surface area contributed by atoms with E-state index >= 15 is 0 Å². The van der Waals surface area contributed by atoms with Gasteiger partial charge in [-0.25, -0.2) is 25.2 Å². The standard InChI is InChI=1S/C60H50N16O32S10/c77-53-49-31(26-47(115(95,96)97)51(53)75-73-41-8-1-3-10-45(41)113(89,90)91)24-39(111(83,84)85)29-43(49)65-59-69-55(67-57(71-59)63-35-16-18-37(19-17-35)109(79,80)22-20-107-117(101,102)103)61-33-12-14-34(15-13-33)62-56-68-58(64-36-6-5-7-38(28-36)110(81,82)23-21-108-118(104,105)106)72-60(70-56)66-44-30-40(112(86,87)88)25-32-27-48(116(98,99)100)52(54(78)50(32)44)76-74-42-9-2-4-11-46(42)114(92,93)94/h1-19,24-30,77-78H,20-23H2,(H,83,84,85)(H,86,87,88)(H,89,90,91)(H,92,93,94)(H,95,96,97)(H,98,99,100)(H,101,102,103)(H,104,105,106)(H3,61,63,65,67,69,71)(H3,62,64,66,68,70,72). The molecule has 11 rings (SSSR count). The number of aromatic hydroxyl groups is 2. The van der Waals surface area contributed by atoms with Crippen LogP contribution in [0.1, 0.15) is 0 Å². The van der Waals surface area contributed by atoms with Crippen LogP contribution in [0.2, 0.25) is 0 Å². The molecule has 0 fully saturated rings. The Bertz CT molecular complexity index is 7260. The maximum absolute atomic E-state index is 13.4. The van der Waals surface area contributed by atoms with Crippen molar-refractivity contribution in [1.29, 1.82) is 0 Å². The zero-order chi connectivity index (χ0) is 86.3. The highest BCUT2D eigenvalue weighted by molar-refractivity contribution is 7.92. The van der Waals surface area contributed by atoms with Gasteiger partial charge in [-0.2, -0.15) is 97.2 Å². The van der Waals surface area contributed by atoms with Crippen molar-refractivity contribution in [3.8, 4) is 11.5 Å². The second kappa shape index (κ2) is 33.0. The summed E-state index contributed by atoms with van der Waals surface area (Å²) < 4.78 is 337. The highest BCUT2D eigenvalue weighted by Crippen LogP contribution is 2.48. The smallest absolute Gasteiger partial charge is 0.397 e. The quantitative estimate of drug-likeness (QED) is 0.0142. The van der Waals surface area contributed by atoms with E-state index < -0.39 is 268 Å². The van der Waals surface area contributed by atoms with E-state index in [1.165, 1.54) is 48.5 Å². The van der Waals surface area contributed by atoms with E-state index in [9.17, 15) is 122 Å². The minimum Gasteiger partial charge on any atom is -0.505 e.